The third kappa shape index (κ3) is 3.75. The molecular formula is C17H24N2O3S. The number of hydrogen-bond donors (Lipinski definition) is 2. The van der Waals surface area contributed by atoms with Crippen molar-refractivity contribution < 1.29 is 13.2 Å². The van der Waals surface area contributed by atoms with Crippen LogP contribution in [0.15, 0.2) is 29.2 Å². The molecule has 3 N–H and O–H groups in total. The van der Waals surface area contributed by atoms with Gasteiger partial charge in [0, 0.05) is 6.04 Å². The number of carbonyl (C=O) groups excluding carboxylic acids is 1. The zero-order valence-electron chi connectivity index (χ0n) is 13.4. The molecule has 5 nitrogen and oxygen atoms in total. The lowest BCUT2D eigenvalue weighted by atomic mass is 9.84. The molecule has 0 heterocycles. The van der Waals surface area contributed by atoms with Gasteiger partial charge in [0.15, 0.2) is 0 Å². The predicted octanol–water partition coefficient (Wildman–Crippen LogP) is 1.82. The average molecular weight is 336 g/mol. The Bertz CT molecular complexity index is 684. The lowest BCUT2D eigenvalue weighted by molar-refractivity contribution is -0.121. The molecule has 0 radical (unpaired) electrons. The zero-order valence-corrected chi connectivity index (χ0v) is 14.2. The van der Waals surface area contributed by atoms with E-state index < -0.39 is 10.0 Å². The summed E-state index contributed by atoms with van der Waals surface area (Å²) in [4.78, 5) is 12.3. The summed E-state index contributed by atoms with van der Waals surface area (Å²) < 4.78 is 22.4. The van der Waals surface area contributed by atoms with Crippen LogP contribution in [0.3, 0.4) is 0 Å². The van der Waals surface area contributed by atoms with E-state index in [0.29, 0.717) is 5.92 Å². The lowest BCUT2D eigenvalue weighted by Gasteiger charge is -2.28. The fraction of sp³-hybridized carbons (Fsp3) is 0.588. The molecular weight excluding hydrogens is 312 g/mol. The highest BCUT2D eigenvalue weighted by molar-refractivity contribution is 7.89. The summed E-state index contributed by atoms with van der Waals surface area (Å²) in [6.07, 6.45) is 5.51. The molecule has 2 saturated carbocycles. The van der Waals surface area contributed by atoms with Gasteiger partial charge in [-0.2, -0.15) is 0 Å². The second kappa shape index (κ2) is 6.24. The van der Waals surface area contributed by atoms with Gasteiger partial charge in [0.2, 0.25) is 15.9 Å². The van der Waals surface area contributed by atoms with Gasteiger partial charge in [0.05, 0.1) is 11.3 Å². The topological polar surface area (TPSA) is 89.3 Å². The van der Waals surface area contributed by atoms with E-state index in [9.17, 15) is 13.2 Å². The first-order chi connectivity index (χ1) is 10.8. The first-order valence-corrected chi connectivity index (χ1v) is 9.78. The Hall–Kier alpha value is -1.40. The van der Waals surface area contributed by atoms with Crippen LogP contribution in [0.4, 0.5) is 0 Å². The van der Waals surface area contributed by atoms with Crippen molar-refractivity contribution in [2.24, 2.45) is 22.9 Å². The van der Waals surface area contributed by atoms with Gasteiger partial charge in [-0.05, 0) is 61.6 Å². The quantitative estimate of drug-likeness (QED) is 0.859. The third-order valence-electron chi connectivity index (χ3n) is 5.44. The fourth-order valence-electron chi connectivity index (χ4n) is 4.30. The van der Waals surface area contributed by atoms with E-state index in [1.165, 1.54) is 37.8 Å². The Morgan fingerprint density at radius 2 is 1.96 bits per heavy atom. The largest absolute Gasteiger partial charge is 0.353 e. The second-order valence-electron chi connectivity index (χ2n) is 7.06. The van der Waals surface area contributed by atoms with Crippen molar-refractivity contribution in [1.29, 1.82) is 0 Å². The van der Waals surface area contributed by atoms with E-state index in [1.807, 2.05) is 0 Å². The van der Waals surface area contributed by atoms with E-state index >= 15 is 0 Å². The van der Waals surface area contributed by atoms with Gasteiger partial charge in [-0.1, -0.05) is 18.6 Å². The van der Waals surface area contributed by atoms with Gasteiger partial charge in [0.25, 0.3) is 0 Å². The molecule has 1 aromatic rings. The minimum absolute atomic E-state index is 0.0105. The number of benzene rings is 1. The molecule has 23 heavy (non-hydrogen) atoms. The Balaban J connectivity index is 1.55. The van der Waals surface area contributed by atoms with Gasteiger partial charge in [-0.25, -0.2) is 13.6 Å². The van der Waals surface area contributed by atoms with E-state index in [0.717, 1.165) is 17.4 Å². The minimum atomic E-state index is -3.68. The van der Waals surface area contributed by atoms with Crippen LogP contribution in [0.2, 0.25) is 0 Å². The number of rotatable bonds is 5. The maximum absolute atomic E-state index is 12.2. The number of hydrogen-bond acceptors (Lipinski definition) is 3. The van der Waals surface area contributed by atoms with E-state index in [2.05, 4.69) is 12.2 Å². The summed E-state index contributed by atoms with van der Waals surface area (Å²) in [6.45, 7) is 2.10. The van der Waals surface area contributed by atoms with Crippen LogP contribution in [0, 0.1) is 17.8 Å². The Labute approximate surface area is 137 Å². The SMILES string of the molecule is C[C@@H](NC(=O)Cc1ccc(S(N)(=O)=O)cc1)[C@@H]1C[C@H]2CC[C@H]1C2. The summed E-state index contributed by atoms with van der Waals surface area (Å²) in [5.41, 5.74) is 0.787. The molecule has 3 rings (SSSR count). The molecule has 6 heteroatoms. The monoisotopic (exact) mass is 336 g/mol. The van der Waals surface area contributed by atoms with Crippen molar-refractivity contribution in [2.45, 2.75) is 50.0 Å². The van der Waals surface area contributed by atoms with Crippen molar-refractivity contribution in [2.75, 3.05) is 0 Å². The highest BCUT2D eigenvalue weighted by Crippen LogP contribution is 2.49. The normalized spacial score (nSPS) is 27.8. The fourth-order valence-corrected chi connectivity index (χ4v) is 4.82. The van der Waals surface area contributed by atoms with Crippen LogP contribution in [-0.4, -0.2) is 20.4 Å². The van der Waals surface area contributed by atoms with E-state index in [-0.39, 0.29) is 23.3 Å². The summed E-state index contributed by atoms with van der Waals surface area (Å²) >= 11 is 0. The average Bonchev–Trinajstić information content (AvgIpc) is 3.09. The van der Waals surface area contributed by atoms with E-state index in [4.69, 9.17) is 5.14 Å². The summed E-state index contributed by atoms with van der Waals surface area (Å²) in [6, 6.07) is 6.37. The minimum Gasteiger partial charge on any atom is -0.353 e. The van der Waals surface area contributed by atoms with Gasteiger partial charge >= 0.3 is 0 Å². The van der Waals surface area contributed by atoms with Crippen LogP contribution in [0.25, 0.3) is 0 Å². The standard InChI is InChI=1S/C17H24N2O3S/c1-11(16-9-13-2-5-14(16)8-13)19-17(20)10-12-3-6-15(7-4-12)23(18,21)22/h3-4,6-7,11,13-14,16H,2,5,8-10H2,1H3,(H,19,20)(H2,18,21,22)/t11-,13+,14+,16+/m1/s1. The van der Waals surface area contributed by atoms with Gasteiger partial charge in [0.1, 0.15) is 0 Å². The number of nitrogens with one attached hydrogen (secondary N) is 1. The molecule has 2 aliphatic rings. The first kappa shape index (κ1) is 16.5. The molecule has 4 atom stereocenters. The molecule has 0 aromatic heterocycles. The zero-order chi connectivity index (χ0) is 16.6. The molecule has 1 amide bonds. The van der Waals surface area contributed by atoms with Gasteiger partial charge < -0.3 is 5.32 Å². The van der Waals surface area contributed by atoms with Gasteiger partial charge in [-0.3, -0.25) is 4.79 Å². The van der Waals surface area contributed by atoms with Crippen LogP contribution in [-0.2, 0) is 21.2 Å². The molecule has 0 aliphatic heterocycles. The Morgan fingerprint density at radius 3 is 2.48 bits per heavy atom. The van der Waals surface area contributed by atoms with Crippen LogP contribution >= 0.6 is 0 Å². The number of carbonyl (C=O) groups is 1. The van der Waals surface area contributed by atoms with Crippen molar-refractivity contribution in [3.05, 3.63) is 29.8 Å². The molecule has 126 valence electrons. The van der Waals surface area contributed by atoms with Crippen LogP contribution in [0.5, 0.6) is 0 Å². The number of fused-ring (bicyclic) bond motifs is 2. The summed E-state index contributed by atoms with van der Waals surface area (Å²) in [5, 5.41) is 8.18. The first-order valence-electron chi connectivity index (χ1n) is 8.24. The van der Waals surface area contributed by atoms with Gasteiger partial charge in [-0.15, -0.1) is 0 Å². The molecule has 2 aliphatic carbocycles. The summed E-state index contributed by atoms with van der Waals surface area (Å²) in [7, 11) is -3.68. The number of sulfonamides is 1. The maximum Gasteiger partial charge on any atom is 0.238 e. The molecule has 0 unspecified atom stereocenters. The van der Waals surface area contributed by atoms with Crippen molar-refractivity contribution in [3.63, 3.8) is 0 Å². The highest BCUT2D eigenvalue weighted by atomic mass is 32.2. The Morgan fingerprint density at radius 1 is 1.26 bits per heavy atom. The molecule has 2 bridgehead atoms. The highest BCUT2D eigenvalue weighted by Gasteiger charge is 2.42. The van der Waals surface area contributed by atoms with Crippen molar-refractivity contribution >= 4 is 15.9 Å². The predicted molar refractivity (Wildman–Crippen MR) is 88.1 cm³/mol. The van der Waals surface area contributed by atoms with Crippen molar-refractivity contribution in [1.82, 2.24) is 5.32 Å². The molecule has 2 fully saturated rings. The van der Waals surface area contributed by atoms with Crippen molar-refractivity contribution in [3.8, 4) is 0 Å². The third-order valence-corrected chi connectivity index (χ3v) is 6.37. The summed E-state index contributed by atoms with van der Waals surface area (Å²) in [5.74, 6) is 2.26. The number of primary sulfonamides is 1. The van der Waals surface area contributed by atoms with Crippen LogP contribution < -0.4 is 10.5 Å². The maximum atomic E-state index is 12.2. The molecule has 1 aromatic carbocycles. The smallest absolute Gasteiger partial charge is 0.238 e. The molecule has 0 saturated heterocycles. The second-order valence-corrected chi connectivity index (χ2v) is 8.62. The van der Waals surface area contributed by atoms with Crippen LogP contribution in [0.1, 0.15) is 38.2 Å². The lowest BCUT2D eigenvalue weighted by Crippen LogP contribution is -2.40. The number of nitrogens with two attached hydrogens (primary N) is 1. The number of amides is 1. The van der Waals surface area contributed by atoms with E-state index in [1.54, 1.807) is 12.1 Å². The molecule has 0 spiro atoms. The Kier molecular flexibility index (Phi) is 4.47.